The summed E-state index contributed by atoms with van der Waals surface area (Å²) in [6, 6.07) is 1.45. The summed E-state index contributed by atoms with van der Waals surface area (Å²) in [7, 11) is 0. The molecule has 0 aliphatic carbocycles. The fraction of sp³-hybridized carbons (Fsp3) is 0.643. The van der Waals surface area contributed by atoms with Crippen molar-refractivity contribution in [3.05, 3.63) is 29.8 Å². The number of halogens is 1. The van der Waals surface area contributed by atoms with E-state index in [0.717, 1.165) is 18.5 Å². The van der Waals surface area contributed by atoms with Crippen LogP contribution in [0, 0.1) is 5.82 Å². The molecule has 1 aromatic heterocycles. The van der Waals surface area contributed by atoms with Crippen molar-refractivity contribution in [2.45, 2.75) is 45.8 Å². The van der Waals surface area contributed by atoms with Gasteiger partial charge in [0.15, 0.2) is 0 Å². The van der Waals surface area contributed by atoms with Crippen LogP contribution in [-0.4, -0.2) is 23.7 Å². The van der Waals surface area contributed by atoms with Gasteiger partial charge >= 0.3 is 0 Å². The van der Waals surface area contributed by atoms with Crippen molar-refractivity contribution in [3.63, 3.8) is 0 Å². The van der Waals surface area contributed by atoms with Crippen molar-refractivity contribution < 1.29 is 9.13 Å². The predicted octanol–water partition coefficient (Wildman–Crippen LogP) is 3.08. The number of nitrogens with zero attached hydrogens (tertiary/aromatic N) is 1. The molecule has 0 amide bonds. The van der Waals surface area contributed by atoms with E-state index in [9.17, 15) is 4.39 Å². The molecule has 102 valence electrons. The van der Waals surface area contributed by atoms with Crippen LogP contribution in [0.2, 0.25) is 0 Å². The molecule has 0 saturated heterocycles. The lowest BCUT2D eigenvalue weighted by Gasteiger charge is -2.35. The summed E-state index contributed by atoms with van der Waals surface area (Å²) in [5, 5.41) is 3.41. The lowest BCUT2D eigenvalue weighted by molar-refractivity contribution is -0.0393. The molecule has 0 saturated carbocycles. The fourth-order valence-corrected chi connectivity index (χ4v) is 2.10. The Hall–Kier alpha value is -1.00. The van der Waals surface area contributed by atoms with Crippen molar-refractivity contribution in [2.75, 3.05) is 13.2 Å². The van der Waals surface area contributed by atoms with E-state index in [1.165, 1.54) is 12.3 Å². The minimum absolute atomic E-state index is 0.0689. The fourth-order valence-electron chi connectivity index (χ4n) is 2.10. The van der Waals surface area contributed by atoms with Gasteiger partial charge in [0.2, 0.25) is 0 Å². The average Bonchev–Trinajstić information content (AvgIpc) is 2.29. The van der Waals surface area contributed by atoms with Crippen LogP contribution in [0.4, 0.5) is 4.39 Å². The van der Waals surface area contributed by atoms with Gasteiger partial charge < -0.3 is 10.1 Å². The van der Waals surface area contributed by atoms with Crippen LogP contribution < -0.4 is 5.32 Å². The zero-order valence-corrected chi connectivity index (χ0v) is 11.7. The Morgan fingerprint density at radius 2 is 2.11 bits per heavy atom. The Balaban J connectivity index is 2.97. The Bertz CT molecular complexity index is 369. The highest BCUT2D eigenvalue weighted by atomic mass is 19.1. The molecule has 1 aromatic rings. The van der Waals surface area contributed by atoms with Gasteiger partial charge in [-0.25, -0.2) is 4.39 Å². The second kappa shape index (κ2) is 6.81. The third kappa shape index (κ3) is 4.03. The van der Waals surface area contributed by atoms with E-state index in [1.54, 1.807) is 6.20 Å². The molecule has 0 fully saturated rings. The lowest BCUT2D eigenvalue weighted by atomic mass is 9.92. The normalized spacial score (nSPS) is 13.6. The number of nitrogens with one attached hydrogen (secondary N) is 1. The van der Waals surface area contributed by atoms with Gasteiger partial charge in [-0.1, -0.05) is 6.92 Å². The first-order valence-electron chi connectivity index (χ1n) is 6.49. The number of pyridine rings is 1. The van der Waals surface area contributed by atoms with E-state index in [4.69, 9.17) is 4.74 Å². The molecular weight excluding hydrogens is 231 g/mol. The molecule has 0 bridgehead atoms. The molecule has 18 heavy (non-hydrogen) atoms. The zero-order valence-electron chi connectivity index (χ0n) is 11.7. The van der Waals surface area contributed by atoms with E-state index < -0.39 is 5.60 Å². The summed E-state index contributed by atoms with van der Waals surface area (Å²) < 4.78 is 19.1. The van der Waals surface area contributed by atoms with Gasteiger partial charge in [0, 0.05) is 12.8 Å². The van der Waals surface area contributed by atoms with Gasteiger partial charge in [0.1, 0.15) is 5.82 Å². The first kappa shape index (κ1) is 15.1. The average molecular weight is 254 g/mol. The highest BCUT2D eigenvalue weighted by molar-refractivity contribution is 5.18. The van der Waals surface area contributed by atoms with Crippen molar-refractivity contribution >= 4 is 0 Å². The maximum atomic E-state index is 13.3. The second-order valence-electron chi connectivity index (χ2n) is 4.86. The van der Waals surface area contributed by atoms with E-state index in [1.807, 2.05) is 20.8 Å². The van der Waals surface area contributed by atoms with E-state index >= 15 is 0 Å². The zero-order chi connectivity index (χ0) is 13.6. The van der Waals surface area contributed by atoms with Crippen molar-refractivity contribution in [2.24, 2.45) is 0 Å². The Labute approximate surface area is 109 Å². The van der Waals surface area contributed by atoms with Gasteiger partial charge in [-0.15, -0.1) is 0 Å². The van der Waals surface area contributed by atoms with Gasteiger partial charge in [-0.2, -0.15) is 0 Å². The van der Waals surface area contributed by atoms with Crippen LogP contribution in [0.5, 0.6) is 0 Å². The third-order valence-electron chi connectivity index (χ3n) is 2.87. The summed E-state index contributed by atoms with van der Waals surface area (Å²) in [5.74, 6) is -0.317. The van der Waals surface area contributed by atoms with Crippen LogP contribution in [0.3, 0.4) is 0 Å². The lowest BCUT2D eigenvalue weighted by Crippen LogP contribution is -2.42. The smallest absolute Gasteiger partial charge is 0.141 e. The molecule has 1 rings (SSSR count). The highest BCUT2D eigenvalue weighted by Crippen LogP contribution is 2.28. The molecule has 0 spiro atoms. The summed E-state index contributed by atoms with van der Waals surface area (Å²) >= 11 is 0. The van der Waals surface area contributed by atoms with Crippen molar-refractivity contribution in [3.8, 4) is 0 Å². The van der Waals surface area contributed by atoms with Crippen LogP contribution in [0.25, 0.3) is 0 Å². The van der Waals surface area contributed by atoms with E-state index in [-0.39, 0.29) is 11.9 Å². The molecule has 1 unspecified atom stereocenters. The molecule has 3 nitrogen and oxygen atoms in total. The SMILES string of the molecule is CCCNC(c1cncc(F)c1)C(C)(C)OCC. The summed E-state index contributed by atoms with van der Waals surface area (Å²) in [4.78, 5) is 3.92. The second-order valence-corrected chi connectivity index (χ2v) is 4.86. The van der Waals surface area contributed by atoms with Gasteiger partial charge in [-0.3, -0.25) is 4.98 Å². The van der Waals surface area contributed by atoms with E-state index in [2.05, 4.69) is 17.2 Å². The van der Waals surface area contributed by atoms with Gasteiger partial charge in [-0.05, 0) is 45.4 Å². The van der Waals surface area contributed by atoms with Gasteiger partial charge in [0.25, 0.3) is 0 Å². The predicted molar refractivity (Wildman–Crippen MR) is 70.9 cm³/mol. The number of aromatic nitrogens is 1. The largest absolute Gasteiger partial charge is 0.374 e. The maximum Gasteiger partial charge on any atom is 0.141 e. The number of ether oxygens (including phenoxy) is 1. The minimum Gasteiger partial charge on any atom is -0.374 e. The van der Waals surface area contributed by atoms with Crippen LogP contribution in [0.15, 0.2) is 18.5 Å². The summed E-state index contributed by atoms with van der Waals surface area (Å²) in [6.07, 6.45) is 3.92. The first-order chi connectivity index (χ1) is 8.51. The molecule has 1 heterocycles. The van der Waals surface area contributed by atoms with Crippen molar-refractivity contribution in [1.29, 1.82) is 0 Å². The topological polar surface area (TPSA) is 34.2 Å². The third-order valence-corrected chi connectivity index (χ3v) is 2.87. The Kier molecular flexibility index (Phi) is 5.69. The van der Waals surface area contributed by atoms with E-state index in [0.29, 0.717) is 6.61 Å². The molecule has 1 atom stereocenters. The highest BCUT2D eigenvalue weighted by Gasteiger charge is 2.31. The number of rotatable bonds is 7. The monoisotopic (exact) mass is 254 g/mol. The van der Waals surface area contributed by atoms with Crippen molar-refractivity contribution in [1.82, 2.24) is 10.3 Å². The number of hydrogen-bond acceptors (Lipinski definition) is 3. The Morgan fingerprint density at radius 1 is 1.39 bits per heavy atom. The van der Waals surface area contributed by atoms with Gasteiger partial charge in [0.05, 0.1) is 17.8 Å². The molecule has 4 heteroatoms. The quantitative estimate of drug-likeness (QED) is 0.812. The van der Waals surface area contributed by atoms with Crippen LogP contribution in [-0.2, 0) is 4.74 Å². The minimum atomic E-state index is -0.403. The maximum absolute atomic E-state index is 13.3. The summed E-state index contributed by atoms with van der Waals surface area (Å²) in [5.41, 5.74) is 0.418. The standard InChI is InChI=1S/C14H23FN2O/c1-5-7-17-13(14(3,4)18-6-2)11-8-12(15)10-16-9-11/h8-10,13,17H,5-7H2,1-4H3. The molecule has 0 radical (unpaired) electrons. The Morgan fingerprint density at radius 3 is 2.67 bits per heavy atom. The summed E-state index contributed by atoms with van der Waals surface area (Å²) in [6.45, 7) is 9.56. The van der Waals surface area contributed by atoms with Crippen LogP contribution in [0.1, 0.15) is 45.7 Å². The molecule has 0 aliphatic heterocycles. The number of hydrogen-bond donors (Lipinski definition) is 1. The molecular formula is C14H23FN2O. The molecule has 0 aromatic carbocycles. The molecule has 0 aliphatic rings. The molecule has 1 N–H and O–H groups in total. The first-order valence-corrected chi connectivity index (χ1v) is 6.49. The van der Waals surface area contributed by atoms with Crippen LogP contribution >= 0.6 is 0 Å².